The first-order valence-electron chi connectivity index (χ1n) is 1.34. The quantitative estimate of drug-likeness (QED) is 0.439. The van der Waals surface area contributed by atoms with Gasteiger partial charge in [0.2, 0.25) is 0 Å². The van der Waals surface area contributed by atoms with Crippen LogP contribution in [0, 0.1) is 34.6 Å². The van der Waals surface area contributed by atoms with Gasteiger partial charge in [-0.2, -0.15) is 15.8 Å². The minimum atomic E-state index is 0. The maximum Gasteiger partial charge on any atom is 0.283 e. The molecule has 0 aliphatic carbocycles. The molecule has 0 spiro atoms. The Labute approximate surface area is 67.4 Å². The smallest absolute Gasteiger partial charge is 0.283 e. The van der Waals surface area contributed by atoms with E-state index in [2.05, 4.69) is 0 Å². The molecule has 57 valence electrons. The fourth-order valence-electron chi connectivity index (χ4n) is 0. The molecule has 0 atom stereocenters. The second-order valence-electron chi connectivity index (χ2n) is 0.300. The number of aliphatic hydroxyl groups excluding tert-OH is 3. The third kappa shape index (κ3) is 69.9. The summed E-state index contributed by atoms with van der Waals surface area (Å²) in [5.74, 6) is 0. The van der Waals surface area contributed by atoms with Crippen molar-refractivity contribution < 1.29 is 32.1 Å². The largest absolute Gasteiger partial charge is 0.443 e. The van der Waals surface area contributed by atoms with E-state index < -0.39 is 0 Å². The zero-order valence-electron chi connectivity index (χ0n) is 4.52. The minimum absolute atomic E-state index is 0. The van der Waals surface area contributed by atoms with Crippen molar-refractivity contribution in [1.82, 2.24) is 0 Å². The van der Waals surface area contributed by atoms with Crippen molar-refractivity contribution in [3.8, 4) is 18.8 Å². The number of nitriles is 3. The number of rotatable bonds is 0. The summed E-state index contributed by atoms with van der Waals surface area (Å²) >= 11 is 0. The van der Waals surface area contributed by atoms with Crippen LogP contribution in [0.2, 0.25) is 0 Å². The number of nitrogens with zero attached hydrogens (tertiary/aromatic N) is 3. The summed E-state index contributed by atoms with van der Waals surface area (Å²) in [6.07, 6.45) is 2.25. The SMILES string of the molecule is N#CO.N#CO.N#CO.[Co]. The predicted octanol–water partition coefficient (Wildman–Crippen LogP) is -0.483. The molecule has 0 aliphatic rings. The number of hydrogen-bond acceptors (Lipinski definition) is 6. The van der Waals surface area contributed by atoms with Crippen molar-refractivity contribution >= 4 is 0 Å². The normalized spacial score (nSPS) is 2.10. The molecular formula is C3H3CoN3O3. The summed E-state index contributed by atoms with van der Waals surface area (Å²) in [7, 11) is 0. The number of hydrogen-bond donors (Lipinski definition) is 3. The topological polar surface area (TPSA) is 132 Å². The van der Waals surface area contributed by atoms with E-state index in [9.17, 15) is 0 Å². The Balaban J connectivity index is -0.0000000257. The van der Waals surface area contributed by atoms with Gasteiger partial charge in [-0.3, -0.25) is 0 Å². The molecule has 1 radical (unpaired) electrons. The van der Waals surface area contributed by atoms with E-state index in [1.54, 1.807) is 0 Å². The summed E-state index contributed by atoms with van der Waals surface area (Å²) < 4.78 is 0. The van der Waals surface area contributed by atoms with E-state index in [0.29, 0.717) is 0 Å². The third-order valence-electron chi connectivity index (χ3n) is 0. The van der Waals surface area contributed by atoms with Crippen molar-refractivity contribution in [1.29, 1.82) is 15.8 Å². The van der Waals surface area contributed by atoms with Crippen molar-refractivity contribution in [2.45, 2.75) is 0 Å². The molecule has 0 heterocycles. The molecule has 0 aromatic carbocycles. The molecule has 0 aromatic heterocycles. The van der Waals surface area contributed by atoms with Gasteiger partial charge in [0, 0.05) is 16.8 Å². The summed E-state index contributed by atoms with van der Waals surface area (Å²) in [6, 6.07) is 0. The second kappa shape index (κ2) is 158. The Morgan fingerprint density at radius 3 is 0.700 bits per heavy atom. The minimum Gasteiger partial charge on any atom is -0.443 e. The predicted molar refractivity (Wildman–Crippen MR) is 22.6 cm³/mol. The third-order valence-corrected chi connectivity index (χ3v) is 0. The number of aliphatic hydroxyl groups is 3. The van der Waals surface area contributed by atoms with Crippen molar-refractivity contribution in [2.24, 2.45) is 0 Å². The van der Waals surface area contributed by atoms with Crippen LogP contribution in [0.4, 0.5) is 0 Å². The molecule has 0 aliphatic heterocycles. The van der Waals surface area contributed by atoms with Crippen molar-refractivity contribution in [3.63, 3.8) is 0 Å². The van der Waals surface area contributed by atoms with Crippen LogP contribution < -0.4 is 0 Å². The maximum atomic E-state index is 6.88. The van der Waals surface area contributed by atoms with E-state index >= 15 is 0 Å². The van der Waals surface area contributed by atoms with Gasteiger partial charge < -0.3 is 15.3 Å². The molecule has 0 rings (SSSR count). The fraction of sp³-hybridized carbons (Fsp3) is 0. The molecular weight excluding hydrogens is 185 g/mol. The molecule has 0 amide bonds. The Morgan fingerprint density at radius 2 is 0.700 bits per heavy atom. The van der Waals surface area contributed by atoms with Gasteiger partial charge >= 0.3 is 0 Å². The monoisotopic (exact) mass is 188 g/mol. The van der Waals surface area contributed by atoms with Crippen LogP contribution in [0.5, 0.6) is 0 Å². The summed E-state index contributed by atoms with van der Waals surface area (Å²) in [5, 5.41) is 41.2. The van der Waals surface area contributed by atoms with Gasteiger partial charge in [-0.15, -0.1) is 0 Å². The summed E-state index contributed by atoms with van der Waals surface area (Å²) in [6.45, 7) is 0. The molecule has 3 N–H and O–H groups in total. The van der Waals surface area contributed by atoms with Crippen LogP contribution in [-0.4, -0.2) is 15.3 Å². The Kier molecular flexibility index (Phi) is 377. The second-order valence-corrected chi connectivity index (χ2v) is 0.300. The zero-order chi connectivity index (χ0) is 8.12. The molecule has 0 saturated carbocycles. The van der Waals surface area contributed by atoms with Gasteiger partial charge in [0.05, 0.1) is 0 Å². The molecule has 0 saturated heterocycles. The van der Waals surface area contributed by atoms with E-state index in [1.165, 1.54) is 0 Å². The molecule has 0 unspecified atom stereocenters. The molecule has 7 heteroatoms. The molecule has 10 heavy (non-hydrogen) atoms. The van der Waals surface area contributed by atoms with Gasteiger partial charge in [0.25, 0.3) is 18.8 Å². The standard InChI is InChI=1S/3CHNO.Co/c3*2-1-3;/h3*3H;. The summed E-state index contributed by atoms with van der Waals surface area (Å²) in [5.41, 5.74) is 0. The first-order valence-corrected chi connectivity index (χ1v) is 1.34. The van der Waals surface area contributed by atoms with Crippen LogP contribution in [0.15, 0.2) is 0 Å². The molecule has 6 nitrogen and oxygen atoms in total. The van der Waals surface area contributed by atoms with E-state index in [-0.39, 0.29) is 16.8 Å². The van der Waals surface area contributed by atoms with E-state index in [0.717, 1.165) is 18.8 Å². The van der Waals surface area contributed by atoms with Crippen LogP contribution in [-0.2, 0) is 16.8 Å². The van der Waals surface area contributed by atoms with Crippen LogP contribution >= 0.6 is 0 Å². The van der Waals surface area contributed by atoms with Gasteiger partial charge in [-0.25, -0.2) is 0 Å². The van der Waals surface area contributed by atoms with Gasteiger partial charge in [-0.05, 0) is 0 Å². The van der Waals surface area contributed by atoms with Gasteiger partial charge in [0.15, 0.2) is 0 Å². The summed E-state index contributed by atoms with van der Waals surface area (Å²) in [4.78, 5) is 0. The molecule has 0 aromatic rings. The van der Waals surface area contributed by atoms with Gasteiger partial charge in [0.1, 0.15) is 0 Å². The average Bonchev–Trinajstić information content (AvgIpc) is 1.70. The zero-order valence-corrected chi connectivity index (χ0v) is 5.56. The van der Waals surface area contributed by atoms with Crippen molar-refractivity contribution in [2.75, 3.05) is 0 Å². The van der Waals surface area contributed by atoms with Crippen LogP contribution in [0.25, 0.3) is 0 Å². The van der Waals surface area contributed by atoms with Crippen LogP contribution in [0.3, 0.4) is 0 Å². The Bertz CT molecular complexity index is 112. The Morgan fingerprint density at radius 1 is 0.700 bits per heavy atom. The van der Waals surface area contributed by atoms with Gasteiger partial charge in [-0.1, -0.05) is 0 Å². The van der Waals surface area contributed by atoms with Crippen molar-refractivity contribution in [3.05, 3.63) is 0 Å². The average molecular weight is 188 g/mol. The fourth-order valence-corrected chi connectivity index (χ4v) is 0. The van der Waals surface area contributed by atoms with E-state index in [4.69, 9.17) is 31.1 Å². The molecule has 0 fully saturated rings. The first-order chi connectivity index (χ1) is 4.24. The first kappa shape index (κ1) is 23.8. The Hall–Kier alpha value is -1.62. The maximum absolute atomic E-state index is 6.88. The van der Waals surface area contributed by atoms with Crippen LogP contribution in [0.1, 0.15) is 0 Å². The van der Waals surface area contributed by atoms with E-state index in [1.807, 2.05) is 0 Å². The molecule has 0 bridgehead atoms.